The van der Waals surface area contributed by atoms with Crippen molar-refractivity contribution in [2.24, 2.45) is 0 Å². The van der Waals surface area contributed by atoms with Crippen molar-refractivity contribution in [2.45, 2.75) is 63.9 Å². The maximum atomic E-state index is 14.8. The van der Waals surface area contributed by atoms with E-state index in [0.717, 1.165) is 5.52 Å². The lowest BCUT2D eigenvalue weighted by Crippen LogP contribution is -2.51. The number of anilines is 1. The highest BCUT2D eigenvalue weighted by Crippen LogP contribution is 2.27. The topological polar surface area (TPSA) is 106 Å². The monoisotopic (exact) mass is 445 g/mol. The summed E-state index contributed by atoms with van der Waals surface area (Å²) in [6.45, 7) is 5.72. The van der Waals surface area contributed by atoms with Gasteiger partial charge in [0.25, 0.3) is 0 Å². The van der Waals surface area contributed by atoms with Crippen LogP contribution in [0.3, 0.4) is 0 Å². The van der Waals surface area contributed by atoms with E-state index in [0.29, 0.717) is 30.6 Å². The highest BCUT2D eigenvalue weighted by Gasteiger charge is 2.34. The van der Waals surface area contributed by atoms with E-state index in [1.165, 1.54) is 4.90 Å². The second kappa shape index (κ2) is 8.40. The van der Waals surface area contributed by atoms with Crippen LogP contribution in [-0.4, -0.2) is 63.3 Å². The van der Waals surface area contributed by atoms with Crippen LogP contribution in [0.5, 0.6) is 0 Å². The summed E-state index contributed by atoms with van der Waals surface area (Å²) >= 11 is 0. The van der Waals surface area contributed by atoms with Crippen molar-refractivity contribution in [1.82, 2.24) is 19.8 Å². The Morgan fingerprint density at radius 3 is 2.75 bits per heavy atom. The number of ether oxygens (including phenoxy) is 1. The summed E-state index contributed by atoms with van der Waals surface area (Å²) in [5, 5.41) is 5.57. The third-order valence-corrected chi connectivity index (χ3v) is 5.67. The zero-order chi connectivity index (χ0) is 23.0. The molecule has 3 amide bonds. The second-order valence-corrected chi connectivity index (χ2v) is 9.30. The minimum absolute atomic E-state index is 0.0288. The second-order valence-electron chi connectivity index (χ2n) is 9.30. The highest BCUT2D eigenvalue weighted by molar-refractivity contribution is 6.00. The Morgan fingerprint density at radius 1 is 1.28 bits per heavy atom. The molecular weight excluding hydrogens is 417 g/mol. The molecule has 2 saturated heterocycles. The molecule has 0 aliphatic carbocycles. The molecule has 2 aromatic rings. The summed E-state index contributed by atoms with van der Waals surface area (Å²) in [5.74, 6) is -0.597. The molecule has 0 saturated carbocycles. The summed E-state index contributed by atoms with van der Waals surface area (Å²) in [5.41, 5.74) is 1.53. The van der Waals surface area contributed by atoms with Crippen molar-refractivity contribution >= 4 is 34.6 Å². The number of alkyl halides is 1. The Bertz CT molecular complexity index is 1050. The van der Waals surface area contributed by atoms with E-state index in [9.17, 15) is 18.8 Å². The van der Waals surface area contributed by atoms with Crippen LogP contribution < -0.4 is 10.6 Å². The summed E-state index contributed by atoms with van der Waals surface area (Å²) in [6, 6.07) is 4.54. The van der Waals surface area contributed by atoms with Crippen molar-refractivity contribution in [3.63, 3.8) is 0 Å². The van der Waals surface area contributed by atoms with Crippen LogP contribution in [-0.2, 0) is 14.3 Å². The van der Waals surface area contributed by atoms with E-state index >= 15 is 0 Å². The van der Waals surface area contributed by atoms with E-state index in [2.05, 4.69) is 15.6 Å². The molecule has 2 fully saturated rings. The molecule has 32 heavy (non-hydrogen) atoms. The molecule has 2 aliphatic rings. The number of hydrogen-bond donors (Lipinski definition) is 2. The molecule has 0 bridgehead atoms. The molecule has 0 radical (unpaired) electrons. The van der Waals surface area contributed by atoms with Gasteiger partial charge in [-0.15, -0.1) is 0 Å². The summed E-state index contributed by atoms with van der Waals surface area (Å²) in [6.07, 6.45) is 1.01. The Kier molecular flexibility index (Phi) is 5.79. The van der Waals surface area contributed by atoms with Crippen LogP contribution in [0.4, 0.5) is 14.9 Å². The predicted molar refractivity (Wildman–Crippen MR) is 116 cm³/mol. The fraction of sp³-hybridized carbons (Fsp3) is 0.545. The first-order chi connectivity index (χ1) is 15.1. The number of fused-ring (bicyclic) bond motifs is 1. The summed E-state index contributed by atoms with van der Waals surface area (Å²) in [4.78, 5) is 41.6. The highest BCUT2D eigenvalue weighted by atomic mass is 19.1. The molecule has 3 heterocycles. The van der Waals surface area contributed by atoms with Crippen LogP contribution in [0.1, 0.15) is 46.1 Å². The number of hydrogen-bond acceptors (Lipinski definition) is 6. The number of rotatable bonds is 3. The number of nitrogens with zero attached hydrogens (tertiary/aromatic N) is 3. The van der Waals surface area contributed by atoms with Gasteiger partial charge in [0, 0.05) is 18.7 Å². The van der Waals surface area contributed by atoms with E-state index < -0.39 is 29.9 Å². The normalized spacial score (nSPS) is 24.4. The number of carbonyl (C=O) groups excluding carboxylic acids is 3. The zero-order valence-corrected chi connectivity index (χ0v) is 18.4. The number of imidazole rings is 1. The fourth-order valence-corrected chi connectivity index (χ4v) is 4.09. The fourth-order valence-electron chi connectivity index (χ4n) is 4.09. The molecule has 0 spiro atoms. The number of likely N-dealkylation sites (tertiary alicyclic amines) is 1. The minimum atomic E-state index is -1.24. The molecule has 1 aromatic carbocycles. The number of benzene rings is 1. The molecule has 1 unspecified atom stereocenters. The number of imide groups is 1. The molecule has 3 atom stereocenters. The van der Waals surface area contributed by atoms with Crippen molar-refractivity contribution in [1.29, 1.82) is 0 Å². The van der Waals surface area contributed by atoms with Crippen LogP contribution in [0.2, 0.25) is 0 Å². The Hall–Kier alpha value is -3.17. The molecule has 2 aliphatic heterocycles. The van der Waals surface area contributed by atoms with Gasteiger partial charge >= 0.3 is 6.09 Å². The molecule has 10 heteroatoms. The SMILES string of the molecule is CC(C)(C)OC(=O)N1CC[C@H](Nc2ccc3c(c2)ncn3C2CCC(=O)NC2=O)[C@@H](F)C1. The summed E-state index contributed by atoms with van der Waals surface area (Å²) < 4.78 is 21.9. The zero-order valence-electron chi connectivity index (χ0n) is 18.4. The minimum Gasteiger partial charge on any atom is -0.444 e. The van der Waals surface area contributed by atoms with Crippen LogP contribution in [0, 0.1) is 0 Å². The Labute approximate surface area is 185 Å². The first kappa shape index (κ1) is 22.0. The van der Waals surface area contributed by atoms with Crippen LogP contribution >= 0.6 is 0 Å². The predicted octanol–water partition coefficient (Wildman–Crippen LogP) is 2.77. The van der Waals surface area contributed by atoms with Crippen molar-refractivity contribution in [3.05, 3.63) is 24.5 Å². The average Bonchev–Trinajstić information content (AvgIpc) is 3.11. The lowest BCUT2D eigenvalue weighted by Gasteiger charge is -2.36. The van der Waals surface area contributed by atoms with Gasteiger partial charge in [0.15, 0.2) is 0 Å². The van der Waals surface area contributed by atoms with Crippen molar-refractivity contribution in [2.75, 3.05) is 18.4 Å². The van der Waals surface area contributed by atoms with E-state index in [4.69, 9.17) is 4.74 Å². The van der Waals surface area contributed by atoms with E-state index in [1.54, 1.807) is 31.7 Å². The molecule has 1 aromatic heterocycles. The third kappa shape index (κ3) is 4.68. The lowest BCUT2D eigenvalue weighted by atomic mass is 10.0. The van der Waals surface area contributed by atoms with Gasteiger partial charge in [-0.2, -0.15) is 0 Å². The number of piperidine rings is 2. The van der Waals surface area contributed by atoms with Gasteiger partial charge in [-0.25, -0.2) is 14.2 Å². The van der Waals surface area contributed by atoms with Crippen LogP contribution in [0.25, 0.3) is 11.0 Å². The van der Waals surface area contributed by atoms with Crippen molar-refractivity contribution in [3.8, 4) is 0 Å². The van der Waals surface area contributed by atoms with Gasteiger partial charge in [-0.3, -0.25) is 14.9 Å². The molecule has 172 valence electrons. The number of halogens is 1. The van der Waals surface area contributed by atoms with E-state index in [-0.39, 0.29) is 24.8 Å². The van der Waals surface area contributed by atoms with Crippen molar-refractivity contribution < 1.29 is 23.5 Å². The largest absolute Gasteiger partial charge is 0.444 e. The first-order valence-electron chi connectivity index (χ1n) is 10.8. The molecular formula is C22H28FN5O4. The van der Waals surface area contributed by atoms with Gasteiger partial charge < -0.3 is 19.5 Å². The maximum absolute atomic E-state index is 14.8. The Morgan fingerprint density at radius 2 is 2.06 bits per heavy atom. The van der Waals surface area contributed by atoms with Gasteiger partial charge in [-0.05, 0) is 51.8 Å². The van der Waals surface area contributed by atoms with Gasteiger partial charge in [0.1, 0.15) is 17.8 Å². The third-order valence-electron chi connectivity index (χ3n) is 5.67. The molecule has 9 nitrogen and oxygen atoms in total. The standard InChI is InChI=1S/C22H28FN5O4/c1-22(2,3)32-21(31)27-9-8-15(14(23)11-27)25-13-4-5-17-16(10-13)24-12-28(17)18-6-7-19(29)26-20(18)30/h4-5,10,12,14-15,18,25H,6-9,11H2,1-3H3,(H,26,29,30)/t14-,15-,18?/m0/s1. The number of aromatic nitrogens is 2. The number of amides is 3. The van der Waals surface area contributed by atoms with E-state index in [1.807, 2.05) is 18.2 Å². The molecule has 4 rings (SSSR count). The lowest BCUT2D eigenvalue weighted by molar-refractivity contribution is -0.135. The quantitative estimate of drug-likeness (QED) is 0.704. The summed E-state index contributed by atoms with van der Waals surface area (Å²) in [7, 11) is 0. The number of nitrogens with one attached hydrogen (secondary N) is 2. The Balaban J connectivity index is 1.41. The average molecular weight is 445 g/mol. The van der Waals surface area contributed by atoms with Gasteiger partial charge in [-0.1, -0.05) is 0 Å². The smallest absolute Gasteiger partial charge is 0.410 e. The maximum Gasteiger partial charge on any atom is 0.410 e. The van der Waals surface area contributed by atoms with Gasteiger partial charge in [0.2, 0.25) is 11.8 Å². The van der Waals surface area contributed by atoms with Crippen LogP contribution in [0.15, 0.2) is 24.5 Å². The first-order valence-corrected chi connectivity index (χ1v) is 10.8. The number of carbonyl (C=O) groups is 3. The molecule has 2 N–H and O–H groups in total. The van der Waals surface area contributed by atoms with Gasteiger partial charge in [0.05, 0.1) is 29.9 Å².